The van der Waals surface area contributed by atoms with E-state index in [0.29, 0.717) is 23.5 Å². The topological polar surface area (TPSA) is 78.3 Å². The molecule has 0 unspecified atom stereocenters. The van der Waals surface area contributed by atoms with Crippen LogP contribution in [0.4, 0.5) is 5.69 Å². The summed E-state index contributed by atoms with van der Waals surface area (Å²) in [6.07, 6.45) is 3.71. The van der Waals surface area contributed by atoms with E-state index in [-0.39, 0.29) is 11.2 Å². The van der Waals surface area contributed by atoms with Crippen LogP contribution in [0.5, 0.6) is 0 Å². The van der Waals surface area contributed by atoms with Crippen LogP contribution in [0.15, 0.2) is 101 Å². The van der Waals surface area contributed by atoms with E-state index in [1.165, 1.54) is 22.7 Å². The molecule has 3 aromatic heterocycles. The van der Waals surface area contributed by atoms with E-state index in [2.05, 4.69) is 70.5 Å². The number of rotatable bonds is 8. The van der Waals surface area contributed by atoms with Gasteiger partial charge in [-0.2, -0.15) is 4.98 Å². The SMILES string of the molecule is Cn1c(=O)c2c(nc3n(CCc4ccccc4)c(-c4ccc(NCCc5ccccc5)cc4)cn23)n(C)c1=O. The van der Waals surface area contributed by atoms with Crippen molar-refractivity contribution >= 4 is 22.6 Å². The Bertz CT molecular complexity index is 1880. The van der Waals surface area contributed by atoms with Crippen LogP contribution in [-0.4, -0.2) is 29.6 Å². The Morgan fingerprint density at radius 3 is 2.08 bits per heavy atom. The van der Waals surface area contributed by atoms with E-state index in [9.17, 15) is 9.59 Å². The number of hydrogen-bond acceptors (Lipinski definition) is 4. The van der Waals surface area contributed by atoms with Crippen molar-refractivity contribution in [1.82, 2.24) is 23.1 Å². The maximum atomic E-state index is 13.1. The average molecular weight is 519 g/mol. The van der Waals surface area contributed by atoms with Crippen molar-refractivity contribution < 1.29 is 0 Å². The highest BCUT2D eigenvalue weighted by atomic mass is 16.2. The zero-order valence-corrected chi connectivity index (χ0v) is 22.0. The normalized spacial score (nSPS) is 11.4. The fraction of sp³-hybridized carbons (Fsp3) is 0.194. The van der Waals surface area contributed by atoms with Crippen molar-refractivity contribution in [3.05, 3.63) is 123 Å². The van der Waals surface area contributed by atoms with Gasteiger partial charge in [-0.15, -0.1) is 0 Å². The van der Waals surface area contributed by atoms with E-state index < -0.39 is 0 Å². The van der Waals surface area contributed by atoms with E-state index in [4.69, 9.17) is 4.98 Å². The molecule has 8 heteroatoms. The quantitative estimate of drug-likeness (QED) is 0.327. The van der Waals surface area contributed by atoms with Gasteiger partial charge in [-0.25, -0.2) is 4.79 Å². The van der Waals surface area contributed by atoms with Gasteiger partial charge in [0, 0.05) is 39.1 Å². The Morgan fingerprint density at radius 2 is 1.41 bits per heavy atom. The molecule has 6 rings (SSSR count). The lowest BCUT2D eigenvalue weighted by Gasteiger charge is -2.11. The van der Waals surface area contributed by atoms with Gasteiger partial charge in [0.05, 0.1) is 5.69 Å². The molecule has 0 aliphatic rings. The highest BCUT2D eigenvalue weighted by Crippen LogP contribution is 2.27. The van der Waals surface area contributed by atoms with Crippen molar-refractivity contribution in [2.45, 2.75) is 19.4 Å². The minimum atomic E-state index is -0.389. The van der Waals surface area contributed by atoms with Crippen molar-refractivity contribution in [3.8, 4) is 11.3 Å². The number of fused-ring (bicyclic) bond motifs is 3. The monoisotopic (exact) mass is 518 g/mol. The predicted molar refractivity (Wildman–Crippen MR) is 155 cm³/mol. The Hall–Kier alpha value is -4.85. The third kappa shape index (κ3) is 4.54. The summed E-state index contributed by atoms with van der Waals surface area (Å²) in [7, 11) is 3.15. The standard InChI is InChI=1S/C31H30N6O2/c1-34-28-27(29(38)35(2)31(34)39)37-21-26(36(30(37)33-28)20-18-23-11-7-4-8-12-23)24-13-15-25(16-14-24)32-19-17-22-9-5-3-6-10-22/h3-16,21,32H,17-20H2,1-2H3. The summed E-state index contributed by atoms with van der Waals surface area (Å²) in [6, 6.07) is 29.1. The number of aromatic nitrogens is 5. The van der Waals surface area contributed by atoms with Crippen molar-refractivity contribution in [2.24, 2.45) is 14.1 Å². The third-order valence-corrected chi connectivity index (χ3v) is 7.29. The van der Waals surface area contributed by atoms with E-state index >= 15 is 0 Å². The van der Waals surface area contributed by atoms with Crippen LogP contribution in [-0.2, 0) is 33.5 Å². The first kappa shape index (κ1) is 24.5. The van der Waals surface area contributed by atoms with Crippen molar-refractivity contribution in [2.75, 3.05) is 11.9 Å². The second-order valence-corrected chi connectivity index (χ2v) is 9.80. The molecule has 0 amide bonds. The lowest BCUT2D eigenvalue weighted by molar-refractivity contribution is 0.706. The van der Waals surface area contributed by atoms with Gasteiger partial charge in [-0.3, -0.25) is 18.3 Å². The number of aryl methyl sites for hydroxylation is 3. The van der Waals surface area contributed by atoms with Crippen LogP contribution in [0.1, 0.15) is 11.1 Å². The Kier molecular flexibility index (Phi) is 6.36. The molecule has 196 valence electrons. The summed E-state index contributed by atoms with van der Waals surface area (Å²) in [6.45, 7) is 1.52. The second kappa shape index (κ2) is 10.1. The maximum Gasteiger partial charge on any atom is 0.332 e. The van der Waals surface area contributed by atoms with Gasteiger partial charge < -0.3 is 9.88 Å². The van der Waals surface area contributed by atoms with Gasteiger partial charge in [0.25, 0.3) is 5.56 Å². The number of hydrogen-bond donors (Lipinski definition) is 1. The number of benzene rings is 3. The molecule has 0 spiro atoms. The summed E-state index contributed by atoms with van der Waals surface area (Å²) < 4.78 is 6.52. The first-order valence-electron chi connectivity index (χ1n) is 13.1. The smallest absolute Gasteiger partial charge is 0.332 e. The predicted octanol–water partition coefficient (Wildman–Crippen LogP) is 4.25. The second-order valence-electron chi connectivity index (χ2n) is 9.80. The summed E-state index contributed by atoms with van der Waals surface area (Å²) in [4.78, 5) is 30.5. The fourth-order valence-electron chi connectivity index (χ4n) is 5.11. The lowest BCUT2D eigenvalue weighted by Crippen LogP contribution is -2.37. The molecule has 1 N–H and O–H groups in total. The molecular formula is C31H30N6O2. The highest BCUT2D eigenvalue weighted by Gasteiger charge is 2.21. The number of nitrogens with one attached hydrogen (secondary N) is 1. The molecule has 0 saturated heterocycles. The number of imidazole rings is 2. The molecule has 0 aliphatic heterocycles. The first-order chi connectivity index (χ1) is 19.0. The van der Waals surface area contributed by atoms with Gasteiger partial charge in [0.1, 0.15) is 0 Å². The molecule has 0 fully saturated rings. The van der Waals surface area contributed by atoms with Crippen LogP contribution in [0.3, 0.4) is 0 Å². The van der Waals surface area contributed by atoms with E-state index in [0.717, 1.165) is 40.9 Å². The molecule has 0 aliphatic carbocycles. The minimum absolute atomic E-state index is 0.356. The van der Waals surface area contributed by atoms with Crippen LogP contribution < -0.4 is 16.6 Å². The van der Waals surface area contributed by atoms with Crippen LogP contribution in [0.2, 0.25) is 0 Å². The molecule has 8 nitrogen and oxygen atoms in total. The zero-order valence-electron chi connectivity index (χ0n) is 22.0. The lowest BCUT2D eigenvalue weighted by atomic mass is 10.1. The molecule has 3 aromatic carbocycles. The van der Waals surface area contributed by atoms with Crippen molar-refractivity contribution in [3.63, 3.8) is 0 Å². The summed E-state index contributed by atoms with van der Waals surface area (Å²) in [5.74, 6) is 0.638. The van der Waals surface area contributed by atoms with E-state index in [1.54, 1.807) is 7.05 Å². The molecule has 39 heavy (non-hydrogen) atoms. The van der Waals surface area contributed by atoms with Gasteiger partial charge >= 0.3 is 5.69 Å². The molecular weight excluding hydrogens is 488 g/mol. The third-order valence-electron chi connectivity index (χ3n) is 7.29. The van der Waals surface area contributed by atoms with Crippen LogP contribution >= 0.6 is 0 Å². The summed E-state index contributed by atoms with van der Waals surface area (Å²) in [5.41, 5.74) is 5.59. The first-order valence-corrected chi connectivity index (χ1v) is 13.1. The van der Waals surface area contributed by atoms with Crippen molar-refractivity contribution in [1.29, 1.82) is 0 Å². The minimum Gasteiger partial charge on any atom is -0.385 e. The average Bonchev–Trinajstić information content (AvgIpc) is 3.52. The fourth-order valence-corrected chi connectivity index (χ4v) is 5.11. The molecule has 3 heterocycles. The largest absolute Gasteiger partial charge is 0.385 e. The molecule has 0 atom stereocenters. The molecule has 0 saturated carbocycles. The highest BCUT2D eigenvalue weighted by molar-refractivity contribution is 5.78. The molecule has 0 bridgehead atoms. The van der Waals surface area contributed by atoms with Gasteiger partial charge in [0.15, 0.2) is 11.2 Å². The van der Waals surface area contributed by atoms with Crippen LogP contribution in [0.25, 0.3) is 28.2 Å². The Morgan fingerprint density at radius 1 is 0.769 bits per heavy atom. The molecule has 6 aromatic rings. The Labute approximate surface area is 225 Å². The van der Waals surface area contributed by atoms with Gasteiger partial charge in [-0.1, -0.05) is 72.8 Å². The zero-order chi connectivity index (χ0) is 26.9. The maximum absolute atomic E-state index is 13.1. The number of anilines is 1. The van der Waals surface area contributed by atoms with Gasteiger partial charge in [-0.05, 0) is 41.7 Å². The van der Waals surface area contributed by atoms with Crippen LogP contribution in [0, 0.1) is 0 Å². The Balaban J connectivity index is 1.37. The summed E-state index contributed by atoms with van der Waals surface area (Å²) in [5, 5.41) is 3.50. The van der Waals surface area contributed by atoms with E-state index in [1.807, 2.05) is 34.9 Å². The number of nitrogens with zero attached hydrogens (tertiary/aromatic N) is 5. The van der Waals surface area contributed by atoms with Gasteiger partial charge in [0.2, 0.25) is 5.78 Å². The summed E-state index contributed by atoms with van der Waals surface area (Å²) >= 11 is 0. The molecule has 0 radical (unpaired) electrons.